The number of hydrogen-bond acceptors (Lipinski definition) is 3. The predicted octanol–water partition coefficient (Wildman–Crippen LogP) is 5.91. The van der Waals surface area contributed by atoms with E-state index in [0.717, 1.165) is 19.6 Å². The van der Waals surface area contributed by atoms with Crippen LogP contribution in [-0.2, 0) is 5.75 Å². The van der Waals surface area contributed by atoms with Crippen molar-refractivity contribution in [3.63, 3.8) is 0 Å². The third kappa shape index (κ3) is 4.08. The van der Waals surface area contributed by atoms with Crippen LogP contribution in [0.3, 0.4) is 0 Å². The highest BCUT2D eigenvalue weighted by Crippen LogP contribution is 2.31. The van der Waals surface area contributed by atoms with Crippen LogP contribution in [-0.4, -0.2) is 9.97 Å². The van der Waals surface area contributed by atoms with E-state index in [-0.39, 0.29) is 0 Å². The lowest BCUT2D eigenvalue weighted by atomic mass is 10.1. The first-order chi connectivity index (χ1) is 9.49. The molecule has 2 aromatic rings. The Morgan fingerprint density at radius 1 is 1.30 bits per heavy atom. The van der Waals surface area contributed by atoms with Crippen molar-refractivity contribution < 1.29 is 0 Å². The summed E-state index contributed by atoms with van der Waals surface area (Å²) in [4.78, 5) is 10.2. The summed E-state index contributed by atoms with van der Waals surface area (Å²) in [6.45, 7) is 4.23. The first kappa shape index (κ1) is 16.5. The van der Waals surface area contributed by atoms with Gasteiger partial charge in [-0.15, -0.1) is 11.8 Å². The molecule has 2 rings (SSSR count). The molecule has 1 heterocycles. The Morgan fingerprint density at radius 3 is 2.65 bits per heavy atom. The highest BCUT2D eigenvalue weighted by atomic mass is 127. The zero-order valence-electron chi connectivity index (χ0n) is 11.0. The maximum atomic E-state index is 6.20. The fourth-order valence-corrected chi connectivity index (χ4v) is 4.11. The maximum Gasteiger partial charge on any atom is 0.146 e. The lowest BCUT2D eigenvalue weighted by molar-refractivity contribution is 0.790. The molecule has 0 atom stereocenters. The van der Waals surface area contributed by atoms with Gasteiger partial charge < -0.3 is 0 Å². The Morgan fingerprint density at radius 2 is 2.00 bits per heavy atom. The zero-order chi connectivity index (χ0) is 14.7. The van der Waals surface area contributed by atoms with E-state index in [0.29, 0.717) is 16.8 Å². The van der Waals surface area contributed by atoms with Gasteiger partial charge in [-0.1, -0.05) is 37.6 Å². The highest BCUT2D eigenvalue weighted by molar-refractivity contribution is 14.1. The minimum Gasteiger partial charge on any atom is -0.236 e. The molecular weight excluding hydrogens is 470 g/mol. The van der Waals surface area contributed by atoms with Crippen molar-refractivity contribution in [1.29, 1.82) is 0 Å². The van der Waals surface area contributed by atoms with Crippen LogP contribution in [0.5, 0.6) is 0 Å². The van der Waals surface area contributed by atoms with Gasteiger partial charge in [-0.25, -0.2) is 9.97 Å². The lowest BCUT2D eigenvalue weighted by Gasteiger charge is -2.11. The molecule has 0 bridgehead atoms. The number of thioether (sulfide) groups is 1. The van der Waals surface area contributed by atoms with Crippen molar-refractivity contribution >= 4 is 61.9 Å². The van der Waals surface area contributed by atoms with E-state index in [2.05, 4.69) is 68.4 Å². The molecule has 0 N–H and O–H groups in total. The summed E-state index contributed by atoms with van der Waals surface area (Å²) < 4.78 is 2.04. The fourth-order valence-electron chi connectivity index (χ4n) is 1.63. The molecule has 106 valence electrons. The molecule has 20 heavy (non-hydrogen) atoms. The summed E-state index contributed by atoms with van der Waals surface area (Å²) in [5.41, 5.74) is 1.02. The normalized spacial score (nSPS) is 11.1. The van der Waals surface area contributed by atoms with E-state index in [1.54, 1.807) is 11.8 Å². The first-order valence-corrected chi connectivity index (χ1v) is 9.31. The largest absolute Gasteiger partial charge is 0.236 e. The minimum absolute atomic E-state index is 0.342. The molecule has 0 aliphatic heterocycles. The van der Waals surface area contributed by atoms with Gasteiger partial charge in [0.05, 0.1) is 15.0 Å². The van der Waals surface area contributed by atoms with Crippen LogP contribution in [0.1, 0.15) is 31.3 Å². The topological polar surface area (TPSA) is 25.8 Å². The van der Waals surface area contributed by atoms with E-state index < -0.39 is 0 Å². The van der Waals surface area contributed by atoms with Crippen molar-refractivity contribution in [2.45, 2.75) is 30.4 Å². The van der Waals surface area contributed by atoms with Crippen LogP contribution in [0.4, 0.5) is 0 Å². The van der Waals surface area contributed by atoms with Crippen LogP contribution in [0.2, 0.25) is 5.15 Å². The molecule has 1 aromatic heterocycles. The van der Waals surface area contributed by atoms with Crippen LogP contribution in [0, 0.1) is 3.57 Å². The zero-order valence-corrected chi connectivity index (χ0v) is 16.3. The quantitative estimate of drug-likeness (QED) is 0.307. The summed E-state index contributed by atoms with van der Waals surface area (Å²) >= 11 is 13.7. The molecule has 1 aromatic carbocycles. The van der Waals surface area contributed by atoms with Crippen molar-refractivity contribution in [1.82, 2.24) is 9.97 Å². The second-order valence-corrected chi connectivity index (χ2v) is 7.81. The molecule has 0 spiro atoms. The van der Waals surface area contributed by atoms with E-state index in [1.165, 1.54) is 4.90 Å². The molecular formula is C14H13BrClIN2S. The van der Waals surface area contributed by atoms with Crippen LogP contribution >= 0.6 is 61.9 Å². The van der Waals surface area contributed by atoms with Gasteiger partial charge in [0, 0.05) is 9.37 Å². The molecule has 0 amide bonds. The molecule has 0 saturated carbocycles. The van der Waals surface area contributed by atoms with Gasteiger partial charge in [0.2, 0.25) is 0 Å². The monoisotopic (exact) mass is 482 g/mol. The Balaban J connectivity index is 2.20. The van der Waals surface area contributed by atoms with E-state index in [9.17, 15) is 0 Å². The Labute approximate surface area is 150 Å². The summed E-state index contributed by atoms with van der Waals surface area (Å²) in [6, 6.07) is 8.13. The molecule has 0 radical (unpaired) electrons. The Hall–Kier alpha value is 0.150. The van der Waals surface area contributed by atoms with Gasteiger partial charge in [-0.3, -0.25) is 0 Å². The first-order valence-electron chi connectivity index (χ1n) is 6.08. The second kappa shape index (κ2) is 7.42. The van der Waals surface area contributed by atoms with Crippen molar-refractivity contribution in [2.24, 2.45) is 0 Å². The third-order valence-corrected chi connectivity index (χ3v) is 6.30. The number of nitrogens with zero attached hydrogens (tertiary/aromatic N) is 2. The molecule has 0 saturated heterocycles. The average molecular weight is 484 g/mol. The minimum atomic E-state index is 0.342. The van der Waals surface area contributed by atoms with Gasteiger partial charge >= 0.3 is 0 Å². The molecule has 0 unspecified atom stereocenters. The van der Waals surface area contributed by atoms with Crippen LogP contribution < -0.4 is 0 Å². The Kier molecular flexibility index (Phi) is 6.13. The van der Waals surface area contributed by atoms with Crippen LogP contribution in [0.15, 0.2) is 33.6 Å². The van der Waals surface area contributed by atoms with Gasteiger partial charge in [-0.05, 0) is 56.6 Å². The summed E-state index contributed by atoms with van der Waals surface area (Å²) in [5, 5.41) is 0.548. The molecule has 6 heteroatoms. The molecule has 0 aliphatic rings. The SMILES string of the molecule is CC(C)c1nc(CSc2ccccc2Br)nc(Cl)c1I. The van der Waals surface area contributed by atoms with Crippen molar-refractivity contribution in [2.75, 3.05) is 0 Å². The van der Waals surface area contributed by atoms with Crippen molar-refractivity contribution in [3.8, 4) is 0 Å². The number of hydrogen-bond donors (Lipinski definition) is 0. The van der Waals surface area contributed by atoms with E-state index in [4.69, 9.17) is 11.6 Å². The number of rotatable bonds is 4. The van der Waals surface area contributed by atoms with Gasteiger partial charge in [-0.2, -0.15) is 0 Å². The fraction of sp³-hybridized carbons (Fsp3) is 0.286. The Bertz CT molecular complexity index is 622. The average Bonchev–Trinajstić information content (AvgIpc) is 2.41. The molecule has 0 aliphatic carbocycles. The lowest BCUT2D eigenvalue weighted by Crippen LogP contribution is -2.04. The number of halogens is 3. The summed E-state index contributed by atoms with van der Waals surface area (Å²) in [7, 11) is 0. The number of aromatic nitrogens is 2. The van der Waals surface area contributed by atoms with Crippen LogP contribution in [0.25, 0.3) is 0 Å². The van der Waals surface area contributed by atoms with E-state index >= 15 is 0 Å². The number of benzene rings is 1. The van der Waals surface area contributed by atoms with Gasteiger partial charge in [0.1, 0.15) is 11.0 Å². The standard InChI is InChI=1S/C14H13BrClIN2S/c1-8(2)13-12(17)14(16)19-11(18-13)7-20-10-6-4-3-5-9(10)15/h3-6,8H,7H2,1-2H3. The summed E-state index contributed by atoms with van der Waals surface area (Å²) in [5.74, 6) is 1.83. The summed E-state index contributed by atoms with van der Waals surface area (Å²) in [6.07, 6.45) is 0. The predicted molar refractivity (Wildman–Crippen MR) is 97.6 cm³/mol. The van der Waals surface area contributed by atoms with Gasteiger partial charge in [0.15, 0.2) is 0 Å². The van der Waals surface area contributed by atoms with Crippen molar-refractivity contribution in [3.05, 3.63) is 49.0 Å². The smallest absolute Gasteiger partial charge is 0.146 e. The highest BCUT2D eigenvalue weighted by Gasteiger charge is 2.14. The maximum absolute atomic E-state index is 6.20. The molecule has 0 fully saturated rings. The second-order valence-electron chi connectivity index (χ2n) is 4.50. The van der Waals surface area contributed by atoms with Gasteiger partial charge in [0.25, 0.3) is 0 Å². The van der Waals surface area contributed by atoms with E-state index in [1.807, 2.05) is 18.2 Å². The third-order valence-electron chi connectivity index (χ3n) is 2.62. The molecule has 2 nitrogen and oxygen atoms in total.